The molecule has 2 heterocycles. The fourth-order valence-electron chi connectivity index (χ4n) is 5.45. The van der Waals surface area contributed by atoms with Gasteiger partial charge in [-0.3, -0.25) is 9.59 Å². The Labute approximate surface area is 178 Å². The molecule has 6 nitrogen and oxygen atoms in total. The zero-order valence-electron chi connectivity index (χ0n) is 17.3. The summed E-state index contributed by atoms with van der Waals surface area (Å²) in [5, 5.41) is 3.14. The molecule has 0 unspecified atom stereocenters. The smallest absolute Gasteiger partial charge is 0.243 e. The van der Waals surface area contributed by atoms with E-state index in [-0.39, 0.29) is 23.7 Å². The van der Waals surface area contributed by atoms with E-state index >= 15 is 0 Å². The number of carbonyl (C=O) groups excluding carboxylic acids is 2. The van der Waals surface area contributed by atoms with Gasteiger partial charge in [-0.15, -0.1) is 0 Å². The Morgan fingerprint density at radius 1 is 1.03 bits per heavy atom. The number of hydrogen-bond donors (Lipinski definition) is 1. The van der Waals surface area contributed by atoms with Crippen LogP contribution in [0.15, 0.2) is 47.4 Å². The van der Waals surface area contributed by atoms with Crippen molar-refractivity contribution in [3.63, 3.8) is 0 Å². The van der Waals surface area contributed by atoms with Crippen LogP contribution in [-0.4, -0.2) is 43.5 Å². The third-order valence-corrected chi connectivity index (χ3v) is 8.90. The van der Waals surface area contributed by atoms with Gasteiger partial charge in [-0.05, 0) is 50.2 Å². The van der Waals surface area contributed by atoms with Crippen molar-refractivity contribution in [3.05, 3.63) is 42.5 Å². The highest BCUT2D eigenvalue weighted by atomic mass is 32.2. The molecule has 4 rings (SSSR count). The lowest BCUT2D eigenvalue weighted by Gasteiger charge is -2.54. The molecule has 1 aromatic rings. The normalized spacial score (nSPS) is 32.3. The van der Waals surface area contributed by atoms with Gasteiger partial charge >= 0.3 is 0 Å². The first-order valence-electron chi connectivity index (χ1n) is 10.9. The number of allylic oxidation sites excluding steroid dienone is 2. The molecular weight excluding hydrogens is 400 g/mol. The predicted octanol–water partition coefficient (Wildman–Crippen LogP) is 3.05. The number of carbonyl (C=O) groups is 2. The van der Waals surface area contributed by atoms with Gasteiger partial charge in [0.2, 0.25) is 15.9 Å². The number of sulfonamides is 1. The molecule has 1 aliphatic carbocycles. The third-order valence-electron chi connectivity index (χ3n) is 7.04. The standard InChI is InChI=1S/C23H30N2O4S/c26-19-15-18-12-14-25(30(28,29)20-9-5-4-6-10-20)17-23(18)13-8-3-1-2-7-11-22(27)24-21(23)16-19/h1,3-6,9-10,18,21H,2,7-8,11-17H2,(H,24,27)/b3-1+/t18-,21-,23-/m0/s1. The summed E-state index contributed by atoms with van der Waals surface area (Å²) in [6.07, 6.45) is 9.38. The molecule has 1 N–H and O–H groups in total. The summed E-state index contributed by atoms with van der Waals surface area (Å²) in [7, 11) is -3.62. The van der Waals surface area contributed by atoms with Crippen molar-refractivity contribution in [1.29, 1.82) is 0 Å². The van der Waals surface area contributed by atoms with E-state index < -0.39 is 15.4 Å². The Morgan fingerprint density at radius 3 is 2.60 bits per heavy atom. The molecule has 1 amide bonds. The van der Waals surface area contributed by atoms with Crippen LogP contribution in [0, 0.1) is 11.3 Å². The van der Waals surface area contributed by atoms with E-state index in [2.05, 4.69) is 17.5 Å². The summed E-state index contributed by atoms with van der Waals surface area (Å²) in [5.41, 5.74) is -0.418. The molecule has 1 saturated heterocycles. The maximum atomic E-state index is 13.4. The highest BCUT2D eigenvalue weighted by molar-refractivity contribution is 7.89. The van der Waals surface area contributed by atoms with E-state index in [9.17, 15) is 18.0 Å². The van der Waals surface area contributed by atoms with Crippen molar-refractivity contribution in [2.24, 2.45) is 11.3 Å². The first kappa shape index (κ1) is 21.2. The molecule has 1 spiro atoms. The number of ketones is 1. The zero-order chi connectivity index (χ0) is 21.2. The summed E-state index contributed by atoms with van der Waals surface area (Å²) in [4.78, 5) is 25.4. The first-order valence-corrected chi connectivity index (χ1v) is 12.4. The van der Waals surface area contributed by atoms with Gasteiger partial charge in [0, 0.05) is 43.8 Å². The lowest BCUT2D eigenvalue weighted by molar-refractivity contribution is -0.133. The third kappa shape index (κ3) is 4.10. The van der Waals surface area contributed by atoms with Crippen molar-refractivity contribution in [2.45, 2.75) is 62.3 Å². The second kappa shape index (κ2) is 8.63. The number of Topliss-reactive ketones (excluding diaryl/α,β-unsaturated/α-hetero) is 1. The van der Waals surface area contributed by atoms with Gasteiger partial charge in [0.25, 0.3) is 0 Å². The van der Waals surface area contributed by atoms with Crippen molar-refractivity contribution in [3.8, 4) is 0 Å². The van der Waals surface area contributed by atoms with Gasteiger partial charge in [0.1, 0.15) is 5.78 Å². The summed E-state index contributed by atoms with van der Waals surface area (Å²) in [6, 6.07) is 8.22. The molecule has 3 aliphatic rings. The van der Waals surface area contributed by atoms with E-state index in [1.807, 2.05) is 0 Å². The average Bonchev–Trinajstić information content (AvgIpc) is 2.76. The summed E-state index contributed by atoms with van der Waals surface area (Å²) < 4.78 is 28.3. The molecule has 7 heteroatoms. The number of hydrogen-bond acceptors (Lipinski definition) is 4. The second-order valence-corrected chi connectivity index (χ2v) is 10.8. The minimum Gasteiger partial charge on any atom is -0.352 e. The predicted molar refractivity (Wildman–Crippen MR) is 114 cm³/mol. The topological polar surface area (TPSA) is 83.6 Å². The monoisotopic (exact) mass is 430 g/mol. The lowest BCUT2D eigenvalue weighted by atomic mass is 9.58. The Hall–Kier alpha value is -1.99. The van der Waals surface area contributed by atoms with Crippen LogP contribution in [0.5, 0.6) is 0 Å². The summed E-state index contributed by atoms with van der Waals surface area (Å²) in [6.45, 7) is 0.758. The van der Waals surface area contributed by atoms with E-state index in [0.717, 1.165) is 25.7 Å². The molecule has 162 valence electrons. The highest BCUT2D eigenvalue weighted by Crippen LogP contribution is 2.49. The zero-order valence-corrected chi connectivity index (χ0v) is 18.1. The molecule has 30 heavy (non-hydrogen) atoms. The van der Waals surface area contributed by atoms with Gasteiger partial charge in [-0.1, -0.05) is 30.4 Å². The highest BCUT2D eigenvalue weighted by Gasteiger charge is 2.54. The number of rotatable bonds is 2. The molecule has 0 radical (unpaired) electrons. The number of nitrogens with zero attached hydrogens (tertiary/aromatic N) is 1. The van der Waals surface area contributed by atoms with Crippen molar-refractivity contribution >= 4 is 21.7 Å². The van der Waals surface area contributed by atoms with Crippen LogP contribution in [0.3, 0.4) is 0 Å². The summed E-state index contributed by atoms with van der Waals surface area (Å²) in [5.74, 6) is 0.234. The van der Waals surface area contributed by atoms with Crippen LogP contribution < -0.4 is 5.32 Å². The molecule has 0 bridgehead atoms. The molecule has 2 fully saturated rings. The number of nitrogens with one attached hydrogen (secondary N) is 1. The molecule has 0 aromatic heterocycles. The second-order valence-electron chi connectivity index (χ2n) is 8.84. The van der Waals surface area contributed by atoms with E-state index in [1.54, 1.807) is 34.6 Å². The molecule has 1 saturated carbocycles. The van der Waals surface area contributed by atoms with Crippen LogP contribution in [-0.2, 0) is 19.6 Å². The van der Waals surface area contributed by atoms with Gasteiger partial charge in [-0.25, -0.2) is 8.42 Å². The molecule has 3 atom stereocenters. The quantitative estimate of drug-likeness (QED) is 0.731. The maximum absolute atomic E-state index is 13.4. The van der Waals surface area contributed by atoms with Crippen molar-refractivity contribution in [2.75, 3.05) is 13.1 Å². The number of benzene rings is 1. The Morgan fingerprint density at radius 2 is 1.80 bits per heavy atom. The average molecular weight is 431 g/mol. The van der Waals surface area contributed by atoms with Crippen molar-refractivity contribution in [1.82, 2.24) is 9.62 Å². The molecule has 1 aromatic carbocycles. The minimum absolute atomic E-state index is 0.0360. The fraction of sp³-hybridized carbons (Fsp3) is 0.565. The number of amides is 1. The van der Waals surface area contributed by atoms with E-state index in [4.69, 9.17) is 0 Å². The number of piperidine rings is 1. The van der Waals surface area contributed by atoms with Crippen LogP contribution >= 0.6 is 0 Å². The maximum Gasteiger partial charge on any atom is 0.243 e. The van der Waals surface area contributed by atoms with Crippen LogP contribution in [0.4, 0.5) is 0 Å². The largest absolute Gasteiger partial charge is 0.352 e. The van der Waals surface area contributed by atoms with Gasteiger partial charge in [-0.2, -0.15) is 4.31 Å². The van der Waals surface area contributed by atoms with Crippen molar-refractivity contribution < 1.29 is 18.0 Å². The first-order chi connectivity index (χ1) is 14.4. The lowest BCUT2D eigenvalue weighted by Crippen LogP contribution is -2.63. The van der Waals surface area contributed by atoms with E-state index in [0.29, 0.717) is 43.7 Å². The van der Waals surface area contributed by atoms with Gasteiger partial charge in [0.15, 0.2) is 0 Å². The molecule has 2 aliphatic heterocycles. The fourth-order valence-corrected chi connectivity index (χ4v) is 7.00. The Bertz CT molecular complexity index is 928. The van der Waals surface area contributed by atoms with E-state index in [1.165, 1.54) is 0 Å². The summed E-state index contributed by atoms with van der Waals surface area (Å²) >= 11 is 0. The SMILES string of the molecule is O=C1C[C@@H]2CCN(S(=O)(=O)c3ccccc3)C[C@@]23CC/C=C/CCCC(=O)N[C@H]3C1. The Kier molecular flexibility index (Phi) is 6.11. The molecular formula is C23H30N2O4S. The Balaban J connectivity index is 1.70. The van der Waals surface area contributed by atoms with Crippen LogP contribution in [0.2, 0.25) is 0 Å². The minimum atomic E-state index is -3.62. The van der Waals surface area contributed by atoms with Crippen LogP contribution in [0.1, 0.15) is 51.4 Å². The van der Waals surface area contributed by atoms with Gasteiger partial charge in [0.05, 0.1) is 4.90 Å². The van der Waals surface area contributed by atoms with Gasteiger partial charge < -0.3 is 5.32 Å². The van der Waals surface area contributed by atoms with Crippen LogP contribution in [0.25, 0.3) is 0 Å².